The largest absolute Gasteiger partial charge is 0.384 e. The van der Waals surface area contributed by atoms with E-state index in [2.05, 4.69) is 24.1 Å². The molecular weight excluding hydrogens is 266 g/mol. The summed E-state index contributed by atoms with van der Waals surface area (Å²) in [6, 6.07) is 0.746. The second-order valence-electron chi connectivity index (χ2n) is 7.10. The molecule has 2 aliphatic rings. The van der Waals surface area contributed by atoms with Crippen molar-refractivity contribution in [3.63, 3.8) is 0 Å². The molecule has 1 saturated carbocycles. The number of rotatable bonds is 6. The van der Waals surface area contributed by atoms with Crippen LogP contribution in [0, 0.1) is 5.92 Å². The average molecular weight is 297 g/mol. The normalized spacial score (nSPS) is 34.5. The monoisotopic (exact) mass is 297 g/mol. The summed E-state index contributed by atoms with van der Waals surface area (Å²) in [5, 5.41) is 3.46. The van der Waals surface area contributed by atoms with Gasteiger partial charge in [-0.1, -0.05) is 0 Å². The van der Waals surface area contributed by atoms with E-state index >= 15 is 0 Å². The van der Waals surface area contributed by atoms with Crippen molar-refractivity contribution >= 4 is 5.91 Å². The number of nitrogens with zero attached hydrogens (tertiary/aromatic N) is 1. The van der Waals surface area contributed by atoms with Crippen LogP contribution < -0.4 is 11.1 Å². The lowest BCUT2D eigenvalue weighted by molar-refractivity contribution is -0.127. The summed E-state index contributed by atoms with van der Waals surface area (Å²) in [6.45, 7) is 7.22. The lowest BCUT2D eigenvalue weighted by Gasteiger charge is -2.43. The first-order valence-electron chi connectivity index (χ1n) is 8.27. The molecule has 2 rings (SSSR count). The first-order chi connectivity index (χ1) is 9.97. The third kappa shape index (κ3) is 3.96. The Morgan fingerprint density at radius 2 is 2.24 bits per heavy atom. The van der Waals surface area contributed by atoms with E-state index in [1.165, 1.54) is 12.8 Å². The van der Waals surface area contributed by atoms with Gasteiger partial charge in [-0.2, -0.15) is 0 Å². The van der Waals surface area contributed by atoms with Gasteiger partial charge in [0.25, 0.3) is 0 Å². The van der Waals surface area contributed by atoms with Gasteiger partial charge in [0.1, 0.15) is 0 Å². The molecule has 0 radical (unpaired) electrons. The number of carbonyl (C=O) groups is 1. The maximum atomic E-state index is 12.1. The number of likely N-dealkylation sites (tertiary alicyclic amines) is 1. The van der Waals surface area contributed by atoms with Crippen molar-refractivity contribution in [2.24, 2.45) is 11.7 Å². The first-order valence-corrected chi connectivity index (χ1v) is 8.27. The minimum absolute atomic E-state index is 0.187. The highest BCUT2D eigenvalue weighted by Gasteiger charge is 2.44. The SMILES string of the molecule is COCC1CCN(C2CCCC(NC(C)C)(C(N)=O)C2)C1. The standard InChI is InChI=1S/C16H31N3O2/c1-12(2)18-16(15(17)20)7-4-5-14(9-16)19-8-6-13(10-19)11-21-3/h12-14,18H,4-11H2,1-3H3,(H2,17,20). The van der Waals surface area contributed by atoms with E-state index in [4.69, 9.17) is 10.5 Å². The van der Waals surface area contributed by atoms with E-state index < -0.39 is 5.54 Å². The van der Waals surface area contributed by atoms with Crippen LogP contribution in [0.15, 0.2) is 0 Å². The molecule has 0 aromatic carbocycles. The molecule has 2 fully saturated rings. The molecule has 5 heteroatoms. The number of methoxy groups -OCH3 is 1. The van der Waals surface area contributed by atoms with E-state index in [1.807, 2.05) is 0 Å². The third-order valence-corrected chi connectivity index (χ3v) is 5.00. The van der Waals surface area contributed by atoms with Gasteiger partial charge in [0.05, 0.1) is 12.1 Å². The summed E-state index contributed by atoms with van der Waals surface area (Å²) in [5.74, 6) is 0.450. The topological polar surface area (TPSA) is 67.6 Å². The van der Waals surface area contributed by atoms with Crippen LogP contribution >= 0.6 is 0 Å². The second kappa shape index (κ2) is 7.07. The van der Waals surface area contributed by atoms with Gasteiger partial charge in [-0.25, -0.2) is 0 Å². The van der Waals surface area contributed by atoms with Crippen LogP contribution in [0.1, 0.15) is 46.0 Å². The Morgan fingerprint density at radius 1 is 1.48 bits per heavy atom. The van der Waals surface area contributed by atoms with Gasteiger partial charge in [0.2, 0.25) is 5.91 Å². The second-order valence-corrected chi connectivity index (χ2v) is 7.10. The van der Waals surface area contributed by atoms with E-state index in [1.54, 1.807) is 7.11 Å². The summed E-state index contributed by atoms with van der Waals surface area (Å²) in [7, 11) is 1.77. The number of amides is 1. The fourth-order valence-corrected chi connectivity index (χ4v) is 4.10. The Hall–Kier alpha value is -0.650. The average Bonchev–Trinajstić information content (AvgIpc) is 2.87. The molecule has 1 aliphatic carbocycles. The van der Waals surface area contributed by atoms with Gasteiger partial charge < -0.3 is 15.8 Å². The van der Waals surface area contributed by atoms with Crippen LogP contribution in [0.5, 0.6) is 0 Å². The summed E-state index contributed by atoms with van der Waals surface area (Å²) < 4.78 is 5.28. The Labute approximate surface area is 128 Å². The minimum Gasteiger partial charge on any atom is -0.384 e. The molecule has 0 aromatic rings. The number of hydrogen-bond donors (Lipinski definition) is 2. The fourth-order valence-electron chi connectivity index (χ4n) is 4.10. The molecule has 122 valence electrons. The van der Waals surface area contributed by atoms with Gasteiger partial charge in [0.15, 0.2) is 0 Å². The van der Waals surface area contributed by atoms with Crippen molar-refractivity contribution in [1.82, 2.24) is 10.2 Å². The van der Waals surface area contributed by atoms with Crippen molar-refractivity contribution in [3.8, 4) is 0 Å². The molecule has 0 aromatic heterocycles. The van der Waals surface area contributed by atoms with E-state index in [9.17, 15) is 4.79 Å². The zero-order valence-corrected chi connectivity index (χ0v) is 13.7. The smallest absolute Gasteiger partial charge is 0.237 e. The molecule has 1 saturated heterocycles. The zero-order valence-electron chi connectivity index (χ0n) is 13.7. The van der Waals surface area contributed by atoms with Crippen LogP contribution in [0.4, 0.5) is 0 Å². The molecule has 1 aliphatic heterocycles. The molecule has 3 N–H and O–H groups in total. The molecule has 0 spiro atoms. The highest BCUT2D eigenvalue weighted by Crippen LogP contribution is 2.34. The molecular formula is C16H31N3O2. The highest BCUT2D eigenvalue weighted by molar-refractivity contribution is 5.85. The molecule has 1 heterocycles. The number of nitrogens with one attached hydrogen (secondary N) is 1. The minimum atomic E-state index is -0.517. The quantitative estimate of drug-likeness (QED) is 0.771. The van der Waals surface area contributed by atoms with Crippen LogP contribution in [0.25, 0.3) is 0 Å². The highest BCUT2D eigenvalue weighted by atomic mass is 16.5. The maximum absolute atomic E-state index is 12.1. The number of hydrogen-bond acceptors (Lipinski definition) is 4. The van der Waals surface area contributed by atoms with Crippen molar-refractivity contribution in [2.75, 3.05) is 26.8 Å². The fraction of sp³-hybridized carbons (Fsp3) is 0.938. The molecule has 5 nitrogen and oxygen atoms in total. The summed E-state index contributed by atoms with van der Waals surface area (Å²) >= 11 is 0. The Morgan fingerprint density at radius 3 is 2.86 bits per heavy atom. The van der Waals surface area contributed by atoms with Gasteiger partial charge in [-0.05, 0) is 58.4 Å². The van der Waals surface area contributed by atoms with Crippen molar-refractivity contribution in [1.29, 1.82) is 0 Å². The third-order valence-electron chi connectivity index (χ3n) is 5.00. The van der Waals surface area contributed by atoms with Gasteiger partial charge in [-0.15, -0.1) is 0 Å². The predicted molar refractivity (Wildman–Crippen MR) is 84.0 cm³/mol. The molecule has 1 amide bonds. The van der Waals surface area contributed by atoms with E-state index in [0.717, 1.165) is 39.0 Å². The van der Waals surface area contributed by atoms with Crippen LogP contribution in [0.3, 0.4) is 0 Å². The van der Waals surface area contributed by atoms with Crippen molar-refractivity contribution in [2.45, 2.75) is 63.6 Å². The van der Waals surface area contributed by atoms with Gasteiger partial charge >= 0.3 is 0 Å². The number of primary amides is 1. The van der Waals surface area contributed by atoms with Crippen LogP contribution in [0.2, 0.25) is 0 Å². The van der Waals surface area contributed by atoms with Gasteiger partial charge in [-0.3, -0.25) is 9.69 Å². The van der Waals surface area contributed by atoms with Gasteiger partial charge in [0, 0.05) is 25.7 Å². The van der Waals surface area contributed by atoms with E-state index in [-0.39, 0.29) is 11.9 Å². The summed E-state index contributed by atoms with van der Waals surface area (Å²) in [4.78, 5) is 14.6. The molecule has 3 unspecified atom stereocenters. The first kappa shape index (κ1) is 16.7. The number of nitrogens with two attached hydrogens (primary N) is 1. The van der Waals surface area contributed by atoms with Crippen LogP contribution in [-0.4, -0.2) is 55.2 Å². The van der Waals surface area contributed by atoms with Crippen LogP contribution in [-0.2, 0) is 9.53 Å². The van der Waals surface area contributed by atoms with E-state index in [0.29, 0.717) is 12.0 Å². The molecule has 0 bridgehead atoms. The summed E-state index contributed by atoms with van der Waals surface area (Å²) in [5.41, 5.74) is 5.23. The van der Waals surface area contributed by atoms with Crippen molar-refractivity contribution < 1.29 is 9.53 Å². The Bertz CT molecular complexity index is 361. The Kier molecular flexibility index (Phi) is 5.63. The lowest BCUT2D eigenvalue weighted by atomic mass is 9.77. The summed E-state index contributed by atoms with van der Waals surface area (Å²) in [6.07, 6.45) is 5.16. The molecule has 21 heavy (non-hydrogen) atoms. The zero-order chi connectivity index (χ0) is 15.5. The maximum Gasteiger partial charge on any atom is 0.237 e. The van der Waals surface area contributed by atoms with Crippen molar-refractivity contribution in [3.05, 3.63) is 0 Å². The number of carbonyl (C=O) groups excluding carboxylic acids is 1. The number of ether oxygens (including phenoxy) is 1. The predicted octanol–water partition coefficient (Wildman–Crippen LogP) is 1.12. The molecule has 3 atom stereocenters. The Balaban J connectivity index is 2.00. The lowest BCUT2D eigenvalue weighted by Crippen LogP contribution is -2.62.